The second-order valence-corrected chi connectivity index (χ2v) is 9.28. The highest BCUT2D eigenvalue weighted by Gasteiger charge is 2.34. The highest BCUT2D eigenvalue weighted by Crippen LogP contribution is 2.42. The highest BCUT2D eigenvalue weighted by molar-refractivity contribution is 9.10. The van der Waals surface area contributed by atoms with E-state index in [1.807, 2.05) is 28.9 Å². The molecule has 0 spiro atoms. The van der Waals surface area contributed by atoms with Crippen LogP contribution in [0.25, 0.3) is 5.69 Å². The average Bonchev–Trinajstić information content (AvgIpc) is 3.40. The zero-order valence-electron chi connectivity index (χ0n) is 16.6. The average molecular weight is 446 g/mol. The molecule has 28 heavy (non-hydrogen) atoms. The lowest BCUT2D eigenvalue weighted by Gasteiger charge is -2.32. The van der Waals surface area contributed by atoms with E-state index in [9.17, 15) is 4.79 Å². The number of nitrogens with zero attached hydrogens (tertiary/aromatic N) is 4. The van der Waals surface area contributed by atoms with E-state index in [0.717, 1.165) is 54.2 Å². The standard InChI is InChI=1S/C21H28BrN5O/c1-14-4-3-11-26(12-14)13-15(2)23-21(28)19-20(16-5-6-16)27(25-24-19)18-9-7-17(22)8-10-18/h7-10,14-16H,3-6,11-13H2,1-2H3,(H,23,28). The lowest BCUT2D eigenvalue weighted by Crippen LogP contribution is -2.45. The molecule has 2 fully saturated rings. The van der Waals surface area contributed by atoms with Gasteiger partial charge in [-0.3, -0.25) is 4.79 Å². The zero-order valence-corrected chi connectivity index (χ0v) is 18.2. The summed E-state index contributed by atoms with van der Waals surface area (Å²) in [6, 6.07) is 8.03. The summed E-state index contributed by atoms with van der Waals surface area (Å²) in [6.07, 6.45) is 4.73. The monoisotopic (exact) mass is 445 g/mol. The largest absolute Gasteiger partial charge is 0.347 e. The normalized spacial score (nSPS) is 21.5. The number of benzene rings is 1. The van der Waals surface area contributed by atoms with Gasteiger partial charge in [-0.1, -0.05) is 28.1 Å². The van der Waals surface area contributed by atoms with Crippen LogP contribution in [0.5, 0.6) is 0 Å². The van der Waals surface area contributed by atoms with Crippen molar-refractivity contribution < 1.29 is 4.79 Å². The molecule has 0 bridgehead atoms. The van der Waals surface area contributed by atoms with Gasteiger partial charge in [-0.05, 0) is 69.3 Å². The van der Waals surface area contributed by atoms with Crippen LogP contribution in [0.2, 0.25) is 0 Å². The van der Waals surface area contributed by atoms with Gasteiger partial charge in [-0.2, -0.15) is 0 Å². The number of aromatic nitrogens is 3. The summed E-state index contributed by atoms with van der Waals surface area (Å²) >= 11 is 3.46. The van der Waals surface area contributed by atoms with Crippen LogP contribution in [0.3, 0.4) is 0 Å². The Morgan fingerprint density at radius 3 is 2.71 bits per heavy atom. The summed E-state index contributed by atoms with van der Waals surface area (Å²) in [5.74, 6) is 1.00. The van der Waals surface area contributed by atoms with E-state index in [-0.39, 0.29) is 11.9 Å². The van der Waals surface area contributed by atoms with Gasteiger partial charge in [0, 0.05) is 29.5 Å². The molecular weight excluding hydrogens is 418 g/mol. The van der Waals surface area contributed by atoms with E-state index in [1.165, 1.54) is 12.8 Å². The Bertz CT molecular complexity index is 830. The molecule has 1 aliphatic carbocycles. The second-order valence-electron chi connectivity index (χ2n) is 8.37. The molecule has 2 aromatic rings. The second kappa shape index (κ2) is 8.33. The van der Waals surface area contributed by atoms with Crippen LogP contribution in [0.15, 0.2) is 28.7 Å². The summed E-state index contributed by atoms with van der Waals surface area (Å²) < 4.78 is 2.85. The van der Waals surface area contributed by atoms with Crippen LogP contribution < -0.4 is 5.32 Å². The van der Waals surface area contributed by atoms with Gasteiger partial charge in [0.2, 0.25) is 0 Å². The minimum absolute atomic E-state index is 0.0858. The van der Waals surface area contributed by atoms with Crippen molar-refractivity contribution in [2.75, 3.05) is 19.6 Å². The van der Waals surface area contributed by atoms with Gasteiger partial charge in [0.25, 0.3) is 5.91 Å². The lowest BCUT2D eigenvalue weighted by atomic mass is 10.00. The Kier molecular flexibility index (Phi) is 5.83. The van der Waals surface area contributed by atoms with Gasteiger partial charge in [0.15, 0.2) is 5.69 Å². The molecule has 1 saturated carbocycles. The van der Waals surface area contributed by atoms with Crippen LogP contribution >= 0.6 is 15.9 Å². The van der Waals surface area contributed by atoms with E-state index >= 15 is 0 Å². The molecule has 1 saturated heterocycles. The third-order valence-electron chi connectivity index (χ3n) is 5.61. The number of hydrogen-bond donors (Lipinski definition) is 1. The van der Waals surface area contributed by atoms with Crippen molar-refractivity contribution in [1.29, 1.82) is 0 Å². The van der Waals surface area contributed by atoms with Crippen LogP contribution in [0.1, 0.15) is 61.6 Å². The van der Waals surface area contributed by atoms with E-state index < -0.39 is 0 Å². The molecule has 1 aromatic carbocycles. The lowest BCUT2D eigenvalue weighted by molar-refractivity contribution is 0.0914. The van der Waals surface area contributed by atoms with Crippen molar-refractivity contribution in [2.24, 2.45) is 5.92 Å². The number of hydrogen-bond acceptors (Lipinski definition) is 4. The summed E-state index contributed by atoms with van der Waals surface area (Å²) in [4.78, 5) is 15.4. The number of carbonyl (C=O) groups excluding carboxylic acids is 1. The number of piperidine rings is 1. The molecule has 2 atom stereocenters. The number of carbonyl (C=O) groups is 1. The van der Waals surface area contributed by atoms with Crippen molar-refractivity contribution in [1.82, 2.24) is 25.2 Å². The summed E-state index contributed by atoms with van der Waals surface area (Å²) in [5.41, 5.74) is 2.36. The molecule has 2 unspecified atom stereocenters. The van der Waals surface area contributed by atoms with Gasteiger partial charge in [-0.15, -0.1) is 5.10 Å². The Morgan fingerprint density at radius 2 is 2.04 bits per heavy atom. The van der Waals surface area contributed by atoms with Crippen molar-refractivity contribution in [3.05, 3.63) is 40.1 Å². The Morgan fingerprint density at radius 1 is 1.29 bits per heavy atom. The summed E-state index contributed by atoms with van der Waals surface area (Å²) in [5, 5.41) is 11.7. The topological polar surface area (TPSA) is 63.1 Å². The number of halogens is 1. The van der Waals surface area contributed by atoms with E-state index in [4.69, 9.17) is 0 Å². The summed E-state index contributed by atoms with van der Waals surface area (Å²) in [6.45, 7) is 7.51. The van der Waals surface area contributed by atoms with Crippen molar-refractivity contribution in [3.8, 4) is 5.69 Å². The van der Waals surface area contributed by atoms with Crippen LogP contribution in [0, 0.1) is 5.92 Å². The molecule has 0 radical (unpaired) electrons. The van der Waals surface area contributed by atoms with Crippen LogP contribution in [-0.2, 0) is 0 Å². The van der Waals surface area contributed by atoms with Gasteiger partial charge in [0.05, 0.1) is 11.4 Å². The third-order valence-corrected chi connectivity index (χ3v) is 6.13. The minimum Gasteiger partial charge on any atom is -0.347 e. The maximum absolute atomic E-state index is 13.0. The fraction of sp³-hybridized carbons (Fsp3) is 0.571. The molecule has 7 heteroatoms. The SMILES string of the molecule is CC1CCCN(CC(C)NC(=O)c2nnn(-c3ccc(Br)cc3)c2C2CC2)C1. The first-order valence-corrected chi connectivity index (χ1v) is 11.1. The van der Waals surface area contributed by atoms with E-state index in [1.54, 1.807) is 0 Å². The first-order valence-electron chi connectivity index (χ1n) is 10.3. The van der Waals surface area contributed by atoms with Gasteiger partial charge >= 0.3 is 0 Å². The molecule has 2 heterocycles. The van der Waals surface area contributed by atoms with E-state index in [2.05, 4.69) is 50.3 Å². The molecular formula is C21H28BrN5O. The molecule has 4 rings (SSSR count). The summed E-state index contributed by atoms with van der Waals surface area (Å²) in [7, 11) is 0. The molecule has 150 valence electrons. The molecule has 1 aliphatic heterocycles. The van der Waals surface area contributed by atoms with Crippen LogP contribution in [-0.4, -0.2) is 51.5 Å². The van der Waals surface area contributed by atoms with Gasteiger partial charge in [-0.25, -0.2) is 4.68 Å². The first-order chi connectivity index (χ1) is 13.5. The first kappa shape index (κ1) is 19.6. The zero-order chi connectivity index (χ0) is 19.7. The molecule has 1 amide bonds. The molecule has 1 aromatic heterocycles. The van der Waals surface area contributed by atoms with Crippen LogP contribution in [0.4, 0.5) is 0 Å². The predicted octanol–water partition coefficient (Wildman–Crippen LogP) is 3.76. The molecule has 2 aliphatic rings. The number of likely N-dealkylation sites (tertiary alicyclic amines) is 1. The Labute approximate surface area is 174 Å². The third kappa shape index (κ3) is 4.46. The number of rotatable bonds is 6. The van der Waals surface area contributed by atoms with E-state index in [0.29, 0.717) is 11.6 Å². The van der Waals surface area contributed by atoms with Crippen molar-refractivity contribution >= 4 is 21.8 Å². The number of amides is 1. The molecule has 1 N–H and O–H groups in total. The van der Waals surface area contributed by atoms with Gasteiger partial charge < -0.3 is 10.2 Å². The van der Waals surface area contributed by atoms with Gasteiger partial charge in [0.1, 0.15) is 0 Å². The Balaban J connectivity index is 1.47. The highest BCUT2D eigenvalue weighted by atomic mass is 79.9. The number of nitrogens with one attached hydrogen (secondary N) is 1. The minimum atomic E-state index is -0.109. The maximum atomic E-state index is 13.0. The quantitative estimate of drug-likeness (QED) is 0.734. The smallest absolute Gasteiger partial charge is 0.274 e. The van der Waals surface area contributed by atoms with Crippen molar-refractivity contribution in [2.45, 2.75) is 51.5 Å². The fourth-order valence-corrected chi connectivity index (χ4v) is 4.39. The predicted molar refractivity (Wildman–Crippen MR) is 113 cm³/mol. The fourth-order valence-electron chi connectivity index (χ4n) is 4.12. The Hall–Kier alpha value is -1.73. The maximum Gasteiger partial charge on any atom is 0.274 e. The van der Waals surface area contributed by atoms with Crippen molar-refractivity contribution in [3.63, 3.8) is 0 Å². The molecule has 6 nitrogen and oxygen atoms in total.